The Labute approximate surface area is 92.3 Å². The second kappa shape index (κ2) is 3.30. The molecule has 72 valence electrons. The first-order chi connectivity index (χ1) is 5.80. The van der Waals surface area contributed by atoms with Crippen molar-refractivity contribution < 1.29 is 4.79 Å². The Morgan fingerprint density at radius 2 is 1.62 bits per heavy atom. The van der Waals surface area contributed by atoms with Gasteiger partial charge in [0.2, 0.25) is 0 Å². The first-order valence-electron chi connectivity index (χ1n) is 3.77. The van der Waals surface area contributed by atoms with Gasteiger partial charge in [0.1, 0.15) is 4.87 Å². The summed E-state index contributed by atoms with van der Waals surface area (Å²) in [5.74, 6) is -0.227. The Morgan fingerprint density at radius 1 is 1.15 bits per heavy atom. The van der Waals surface area contributed by atoms with Gasteiger partial charge in [-0.3, -0.25) is 4.79 Å². The highest BCUT2D eigenvalue weighted by Crippen LogP contribution is 2.42. The van der Waals surface area contributed by atoms with Crippen molar-refractivity contribution in [2.24, 2.45) is 0 Å². The third-order valence-electron chi connectivity index (χ3n) is 2.17. The number of halogens is 3. The van der Waals surface area contributed by atoms with Crippen molar-refractivity contribution in [1.29, 1.82) is 0 Å². The van der Waals surface area contributed by atoms with Gasteiger partial charge < -0.3 is 0 Å². The Balaban J connectivity index is 3.41. The van der Waals surface area contributed by atoms with Gasteiger partial charge in [0.05, 0.1) is 10.1 Å². The number of hydrogen-bond acceptors (Lipinski definition) is 1. The number of ketones is 1. The summed E-state index contributed by atoms with van der Waals surface area (Å²) in [5.41, 5.74) is 1.15. The van der Waals surface area contributed by atoms with Crippen LogP contribution >= 0.6 is 34.8 Å². The van der Waals surface area contributed by atoms with Crippen molar-refractivity contribution in [3.05, 3.63) is 21.2 Å². The third kappa shape index (κ3) is 1.54. The summed E-state index contributed by atoms with van der Waals surface area (Å²) in [6, 6.07) is 0. The van der Waals surface area contributed by atoms with Crippen molar-refractivity contribution in [2.45, 2.75) is 25.6 Å². The van der Waals surface area contributed by atoms with Crippen LogP contribution in [0.15, 0.2) is 21.2 Å². The Hall–Kier alpha value is 0.0200. The zero-order valence-corrected chi connectivity index (χ0v) is 9.81. The first-order valence-corrected chi connectivity index (χ1v) is 4.90. The molecule has 0 aromatic rings. The summed E-state index contributed by atoms with van der Waals surface area (Å²) >= 11 is 17.8. The van der Waals surface area contributed by atoms with Crippen molar-refractivity contribution in [1.82, 2.24) is 0 Å². The van der Waals surface area contributed by atoms with Gasteiger partial charge in [0.15, 0.2) is 5.78 Å². The molecule has 4 heteroatoms. The third-order valence-corrected chi connectivity index (χ3v) is 3.85. The van der Waals surface area contributed by atoms with E-state index in [9.17, 15) is 4.79 Å². The lowest BCUT2D eigenvalue weighted by atomic mass is 9.90. The van der Waals surface area contributed by atoms with Crippen LogP contribution in [0, 0.1) is 0 Å². The SMILES string of the molecule is CC1=C(Cl)C(C)=C(Cl)C(C)(Cl)C1=O. The standard InChI is InChI=1S/C9H9Cl3O/c1-4-6(10)5(2)8(13)9(3,12)7(4)11/h1-3H3. The molecule has 0 radical (unpaired) electrons. The van der Waals surface area contributed by atoms with Crippen LogP contribution in [0.3, 0.4) is 0 Å². The summed E-state index contributed by atoms with van der Waals surface area (Å²) in [5, 5.41) is 0.725. The predicted octanol–water partition coefficient (Wildman–Crippen LogP) is 3.59. The van der Waals surface area contributed by atoms with Gasteiger partial charge >= 0.3 is 0 Å². The zero-order chi connectivity index (χ0) is 10.4. The van der Waals surface area contributed by atoms with E-state index in [0.29, 0.717) is 21.2 Å². The van der Waals surface area contributed by atoms with Crippen LogP contribution in [0.2, 0.25) is 0 Å². The molecule has 0 aromatic carbocycles. The fourth-order valence-corrected chi connectivity index (χ4v) is 1.97. The molecule has 1 aliphatic carbocycles. The van der Waals surface area contributed by atoms with Gasteiger partial charge in [0, 0.05) is 5.57 Å². The quantitative estimate of drug-likeness (QED) is 0.591. The maximum absolute atomic E-state index is 11.6. The molecule has 1 rings (SSSR count). The van der Waals surface area contributed by atoms with Gasteiger partial charge in [-0.25, -0.2) is 0 Å². The molecule has 0 saturated carbocycles. The van der Waals surface area contributed by atoms with Gasteiger partial charge in [-0.2, -0.15) is 0 Å². The van der Waals surface area contributed by atoms with Gasteiger partial charge in [-0.05, 0) is 26.3 Å². The predicted molar refractivity (Wildman–Crippen MR) is 56.4 cm³/mol. The highest BCUT2D eigenvalue weighted by atomic mass is 35.5. The molecule has 0 heterocycles. The summed E-state index contributed by atoms with van der Waals surface area (Å²) in [6.07, 6.45) is 0. The summed E-state index contributed by atoms with van der Waals surface area (Å²) < 4.78 is 0. The molecule has 0 bridgehead atoms. The summed E-state index contributed by atoms with van der Waals surface area (Å²) in [6.45, 7) is 4.98. The minimum absolute atomic E-state index is 0.227. The van der Waals surface area contributed by atoms with E-state index in [4.69, 9.17) is 34.8 Å². The average Bonchev–Trinajstić information content (AvgIpc) is 2.09. The van der Waals surface area contributed by atoms with Crippen LogP contribution in [0.5, 0.6) is 0 Å². The lowest BCUT2D eigenvalue weighted by Crippen LogP contribution is -2.34. The fourth-order valence-electron chi connectivity index (χ4n) is 1.28. The smallest absolute Gasteiger partial charge is 0.186 e. The molecule has 1 aliphatic rings. The number of Topliss-reactive ketones (excluding diaryl/α,β-unsaturated/α-hetero) is 1. The van der Waals surface area contributed by atoms with Crippen molar-refractivity contribution >= 4 is 40.6 Å². The Bertz CT molecular complexity index is 337. The van der Waals surface area contributed by atoms with E-state index in [-0.39, 0.29) is 5.78 Å². The summed E-state index contributed by atoms with van der Waals surface area (Å²) in [4.78, 5) is 10.5. The molecule has 0 amide bonds. The molecule has 1 atom stereocenters. The van der Waals surface area contributed by atoms with Crippen LogP contribution in [-0.4, -0.2) is 10.7 Å². The fraction of sp³-hybridized carbons (Fsp3) is 0.444. The van der Waals surface area contributed by atoms with Crippen LogP contribution in [0.25, 0.3) is 0 Å². The van der Waals surface area contributed by atoms with Crippen LogP contribution in [0.1, 0.15) is 20.8 Å². The second-order valence-electron chi connectivity index (χ2n) is 3.21. The summed E-state index contributed by atoms with van der Waals surface area (Å²) in [7, 11) is 0. The number of alkyl halides is 1. The Morgan fingerprint density at radius 3 is 2.08 bits per heavy atom. The van der Waals surface area contributed by atoms with Crippen molar-refractivity contribution in [3.8, 4) is 0 Å². The topological polar surface area (TPSA) is 17.1 Å². The highest BCUT2D eigenvalue weighted by Gasteiger charge is 2.40. The zero-order valence-electron chi connectivity index (χ0n) is 7.54. The maximum Gasteiger partial charge on any atom is 0.186 e. The van der Waals surface area contributed by atoms with Crippen LogP contribution in [0.4, 0.5) is 0 Å². The molecule has 1 unspecified atom stereocenters. The van der Waals surface area contributed by atoms with E-state index in [1.165, 1.54) is 0 Å². The van der Waals surface area contributed by atoms with E-state index in [2.05, 4.69) is 0 Å². The first kappa shape index (κ1) is 11.1. The monoisotopic (exact) mass is 238 g/mol. The van der Waals surface area contributed by atoms with Crippen molar-refractivity contribution in [3.63, 3.8) is 0 Å². The maximum atomic E-state index is 11.6. The molecule has 0 aliphatic heterocycles. The number of rotatable bonds is 0. The largest absolute Gasteiger partial charge is 0.292 e. The average molecular weight is 240 g/mol. The minimum Gasteiger partial charge on any atom is -0.292 e. The molecule has 1 nitrogen and oxygen atoms in total. The number of carbonyl (C=O) groups is 1. The van der Waals surface area contributed by atoms with Gasteiger partial charge in [0.25, 0.3) is 0 Å². The minimum atomic E-state index is -1.14. The van der Waals surface area contributed by atoms with Gasteiger partial charge in [-0.1, -0.05) is 23.2 Å². The molecular weight excluding hydrogens is 230 g/mol. The number of carbonyl (C=O) groups excluding carboxylic acids is 1. The van der Waals surface area contributed by atoms with E-state index in [1.54, 1.807) is 20.8 Å². The van der Waals surface area contributed by atoms with E-state index in [1.807, 2.05) is 0 Å². The molecular formula is C9H9Cl3O. The molecule has 0 saturated heterocycles. The lowest BCUT2D eigenvalue weighted by Gasteiger charge is -2.27. The van der Waals surface area contributed by atoms with E-state index >= 15 is 0 Å². The number of allylic oxidation sites excluding steroid dienone is 4. The molecule has 0 N–H and O–H groups in total. The highest BCUT2D eigenvalue weighted by molar-refractivity contribution is 6.51. The van der Waals surface area contributed by atoms with Crippen LogP contribution < -0.4 is 0 Å². The van der Waals surface area contributed by atoms with Crippen molar-refractivity contribution in [2.75, 3.05) is 0 Å². The normalized spacial score (nSPS) is 30.2. The van der Waals surface area contributed by atoms with Gasteiger partial charge in [-0.15, -0.1) is 11.6 Å². The molecule has 0 spiro atoms. The number of hydrogen-bond donors (Lipinski definition) is 0. The van der Waals surface area contributed by atoms with E-state index < -0.39 is 4.87 Å². The van der Waals surface area contributed by atoms with E-state index in [0.717, 1.165) is 0 Å². The lowest BCUT2D eigenvalue weighted by molar-refractivity contribution is -0.116. The second-order valence-corrected chi connectivity index (χ2v) is 4.72. The van der Waals surface area contributed by atoms with Crippen LogP contribution in [-0.2, 0) is 4.79 Å². The molecule has 13 heavy (non-hydrogen) atoms. The Kier molecular flexibility index (Phi) is 2.82. The molecule has 0 aromatic heterocycles. The molecule has 0 fully saturated rings.